The highest BCUT2D eigenvalue weighted by atomic mass is 15.2. The highest BCUT2D eigenvalue weighted by molar-refractivity contribution is 5.56. The fraction of sp³-hybridized carbons (Fsp3) is 0.409. The van der Waals surface area contributed by atoms with Gasteiger partial charge in [-0.2, -0.15) is 0 Å². The van der Waals surface area contributed by atoms with Crippen molar-refractivity contribution in [2.24, 2.45) is 0 Å². The second kappa shape index (κ2) is 5.77. The predicted octanol–water partition coefficient (Wildman–Crippen LogP) is 3.51. The van der Waals surface area contributed by atoms with Crippen LogP contribution in [-0.4, -0.2) is 16.9 Å². The summed E-state index contributed by atoms with van der Waals surface area (Å²) in [5.74, 6) is 0.470. The van der Waals surface area contributed by atoms with E-state index in [1.165, 1.54) is 38.3 Å². The lowest BCUT2D eigenvalue weighted by molar-refractivity contribution is 0.308. The zero-order valence-electron chi connectivity index (χ0n) is 15.9. The molecule has 0 fully saturated rings. The standard InChI is InChI=1S/C22H28N2/c1-14(2)19-12-23-11-18-10-22(6,24(7)13-20(18)19)21-9-15(3)8-16(4)17(21)5/h8-14H,1-7H3. The first-order valence-electron chi connectivity index (χ1n) is 8.74. The summed E-state index contributed by atoms with van der Waals surface area (Å²) in [6.07, 6.45) is 8.68. The van der Waals surface area contributed by atoms with Crippen LogP contribution in [0.15, 0.2) is 24.5 Å². The summed E-state index contributed by atoms with van der Waals surface area (Å²) in [7, 11) is 2.18. The van der Waals surface area contributed by atoms with Crippen LogP contribution < -0.4 is 10.4 Å². The minimum Gasteiger partial charge on any atom is -0.367 e. The van der Waals surface area contributed by atoms with Crippen LogP contribution in [0.2, 0.25) is 0 Å². The Morgan fingerprint density at radius 1 is 1.08 bits per heavy atom. The summed E-state index contributed by atoms with van der Waals surface area (Å²) in [5, 5.41) is 2.54. The summed E-state index contributed by atoms with van der Waals surface area (Å²) in [5.41, 5.74) is 6.57. The van der Waals surface area contributed by atoms with E-state index in [2.05, 4.69) is 82.9 Å². The van der Waals surface area contributed by atoms with Gasteiger partial charge >= 0.3 is 0 Å². The number of hydrogen-bond acceptors (Lipinski definition) is 2. The maximum Gasteiger partial charge on any atom is 0.0812 e. The van der Waals surface area contributed by atoms with Gasteiger partial charge in [-0.15, -0.1) is 0 Å². The molecule has 2 heteroatoms. The summed E-state index contributed by atoms with van der Waals surface area (Å²) in [6, 6.07) is 4.59. The Kier molecular flexibility index (Phi) is 4.03. The van der Waals surface area contributed by atoms with Crippen molar-refractivity contribution in [1.82, 2.24) is 9.88 Å². The third-order valence-corrected chi connectivity index (χ3v) is 5.52. The Bertz CT molecular complexity index is 908. The van der Waals surface area contributed by atoms with E-state index in [0.29, 0.717) is 5.92 Å². The summed E-state index contributed by atoms with van der Waals surface area (Å²) in [6.45, 7) is 13.4. The third kappa shape index (κ3) is 2.54. The number of aromatic nitrogens is 1. The van der Waals surface area contributed by atoms with Crippen LogP contribution in [0.25, 0.3) is 12.3 Å². The van der Waals surface area contributed by atoms with Crippen molar-refractivity contribution in [3.8, 4) is 0 Å². The van der Waals surface area contributed by atoms with Crippen LogP contribution in [-0.2, 0) is 5.54 Å². The fourth-order valence-corrected chi connectivity index (χ4v) is 3.79. The first-order chi connectivity index (χ1) is 11.2. The highest BCUT2D eigenvalue weighted by Crippen LogP contribution is 2.34. The monoisotopic (exact) mass is 320 g/mol. The molecule has 0 aliphatic carbocycles. The largest absolute Gasteiger partial charge is 0.367 e. The second-order valence-corrected chi connectivity index (χ2v) is 7.67. The topological polar surface area (TPSA) is 16.1 Å². The van der Waals surface area contributed by atoms with Gasteiger partial charge in [-0.25, -0.2) is 0 Å². The van der Waals surface area contributed by atoms with Gasteiger partial charge in [-0.05, 0) is 61.9 Å². The molecule has 2 aromatic rings. The lowest BCUT2D eigenvalue weighted by Crippen LogP contribution is -2.47. The number of fused-ring (bicyclic) bond motifs is 1. The van der Waals surface area contributed by atoms with Crippen molar-refractivity contribution < 1.29 is 0 Å². The zero-order chi connectivity index (χ0) is 17.6. The molecule has 0 saturated carbocycles. The number of nitrogens with zero attached hydrogens (tertiary/aromatic N) is 2. The van der Waals surface area contributed by atoms with Crippen LogP contribution in [0.3, 0.4) is 0 Å². The third-order valence-electron chi connectivity index (χ3n) is 5.52. The minimum absolute atomic E-state index is 0.162. The first kappa shape index (κ1) is 16.8. The van der Waals surface area contributed by atoms with Crippen molar-refractivity contribution in [3.63, 3.8) is 0 Å². The van der Waals surface area contributed by atoms with Crippen LogP contribution in [0.4, 0.5) is 0 Å². The van der Waals surface area contributed by atoms with Crippen molar-refractivity contribution >= 4 is 12.3 Å². The molecule has 1 atom stereocenters. The van der Waals surface area contributed by atoms with E-state index < -0.39 is 0 Å². The van der Waals surface area contributed by atoms with Crippen LogP contribution >= 0.6 is 0 Å². The second-order valence-electron chi connectivity index (χ2n) is 7.67. The van der Waals surface area contributed by atoms with Crippen molar-refractivity contribution in [3.05, 3.63) is 62.8 Å². The molecule has 3 rings (SSSR count). The molecular formula is C22H28N2. The van der Waals surface area contributed by atoms with Crippen LogP contribution in [0.1, 0.15) is 54.5 Å². The SMILES string of the molecule is Cc1cc(C)c(C)c(C2(C)C=c3cncc(C(C)C)c3=CN2C)c1. The van der Waals surface area contributed by atoms with Crippen LogP contribution in [0.5, 0.6) is 0 Å². The number of rotatable bonds is 2. The molecule has 1 aromatic heterocycles. The van der Waals surface area contributed by atoms with E-state index in [-0.39, 0.29) is 5.54 Å². The van der Waals surface area contributed by atoms with Gasteiger partial charge in [0.2, 0.25) is 0 Å². The van der Waals surface area contributed by atoms with Crippen molar-refractivity contribution in [2.75, 3.05) is 7.05 Å². The van der Waals surface area contributed by atoms with Gasteiger partial charge in [0.15, 0.2) is 0 Å². The zero-order valence-corrected chi connectivity index (χ0v) is 15.9. The molecule has 0 saturated heterocycles. The Morgan fingerprint density at radius 2 is 1.79 bits per heavy atom. The molecular weight excluding hydrogens is 292 g/mol. The molecule has 1 aliphatic rings. The smallest absolute Gasteiger partial charge is 0.0812 e. The van der Waals surface area contributed by atoms with E-state index in [9.17, 15) is 0 Å². The Morgan fingerprint density at radius 3 is 2.46 bits per heavy atom. The Labute approximate surface area is 145 Å². The predicted molar refractivity (Wildman–Crippen MR) is 102 cm³/mol. The summed E-state index contributed by atoms with van der Waals surface area (Å²) >= 11 is 0. The van der Waals surface area contributed by atoms with Crippen LogP contribution in [0, 0.1) is 20.8 Å². The number of hydrogen-bond donors (Lipinski definition) is 0. The van der Waals surface area contributed by atoms with E-state index >= 15 is 0 Å². The van der Waals surface area contributed by atoms with Gasteiger partial charge in [0.1, 0.15) is 0 Å². The minimum atomic E-state index is -0.162. The van der Waals surface area contributed by atoms with Gasteiger partial charge in [-0.1, -0.05) is 31.5 Å². The molecule has 2 heterocycles. The molecule has 1 aromatic carbocycles. The molecule has 0 amide bonds. The van der Waals surface area contributed by atoms with Gasteiger partial charge in [0.25, 0.3) is 0 Å². The fourth-order valence-electron chi connectivity index (χ4n) is 3.79. The van der Waals surface area contributed by atoms with Gasteiger partial charge in [-0.3, -0.25) is 4.98 Å². The summed E-state index contributed by atoms with van der Waals surface area (Å²) in [4.78, 5) is 6.84. The Hall–Kier alpha value is -2.09. The lowest BCUT2D eigenvalue weighted by Gasteiger charge is -2.40. The number of pyridine rings is 1. The maximum absolute atomic E-state index is 4.49. The summed E-state index contributed by atoms with van der Waals surface area (Å²) < 4.78 is 0. The van der Waals surface area contributed by atoms with E-state index in [0.717, 1.165) is 0 Å². The molecule has 0 radical (unpaired) electrons. The van der Waals surface area contributed by atoms with Crippen molar-refractivity contribution in [1.29, 1.82) is 0 Å². The average molecular weight is 320 g/mol. The van der Waals surface area contributed by atoms with Gasteiger partial charge < -0.3 is 4.90 Å². The highest BCUT2D eigenvalue weighted by Gasteiger charge is 2.31. The van der Waals surface area contributed by atoms with Gasteiger partial charge in [0.05, 0.1) is 5.54 Å². The molecule has 1 aliphatic heterocycles. The first-order valence-corrected chi connectivity index (χ1v) is 8.74. The quantitative estimate of drug-likeness (QED) is 0.842. The lowest BCUT2D eigenvalue weighted by atomic mass is 9.82. The Balaban J connectivity index is 2.30. The van der Waals surface area contributed by atoms with Crippen molar-refractivity contribution in [2.45, 2.75) is 53.0 Å². The number of aryl methyl sites for hydroxylation is 2. The molecule has 1 unspecified atom stereocenters. The van der Waals surface area contributed by atoms with E-state index in [4.69, 9.17) is 0 Å². The molecule has 0 spiro atoms. The average Bonchev–Trinajstić information content (AvgIpc) is 2.51. The molecule has 2 nitrogen and oxygen atoms in total. The molecule has 0 N–H and O–H groups in total. The van der Waals surface area contributed by atoms with E-state index in [1.807, 2.05) is 12.4 Å². The maximum atomic E-state index is 4.49. The van der Waals surface area contributed by atoms with Gasteiger partial charge in [0, 0.05) is 36.1 Å². The molecule has 0 bridgehead atoms. The van der Waals surface area contributed by atoms with E-state index in [1.54, 1.807) is 0 Å². The number of benzene rings is 1. The molecule has 24 heavy (non-hydrogen) atoms. The molecule has 126 valence electrons. The normalized spacial score (nSPS) is 19.8.